The highest BCUT2D eigenvalue weighted by atomic mass is 19.2. The molecule has 2 aromatic carbocycles. The molecular weight excluding hydrogens is 393 g/mol. The van der Waals surface area contributed by atoms with E-state index in [1.807, 2.05) is 25.1 Å². The number of aryl methyl sites for hydroxylation is 1. The first kappa shape index (κ1) is 21.1. The molecule has 1 amide bonds. The number of nitrogens with one attached hydrogen (secondary N) is 1. The summed E-state index contributed by atoms with van der Waals surface area (Å²) in [5.41, 5.74) is 1.44. The van der Waals surface area contributed by atoms with Gasteiger partial charge in [0.25, 0.3) is 0 Å². The zero-order valence-corrected chi connectivity index (χ0v) is 16.3. The lowest BCUT2D eigenvalue weighted by molar-refractivity contribution is -0.117. The third kappa shape index (κ3) is 5.47. The van der Waals surface area contributed by atoms with Gasteiger partial charge in [0.1, 0.15) is 17.3 Å². The van der Waals surface area contributed by atoms with Crippen LogP contribution in [0.1, 0.15) is 29.8 Å². The molecule has 0 aliphatic rings. The summed E-state index contributed by atoms with van der Waals surface area (Å²) >= 11 is 0. The predicted molar refractivity (Wildman–Crippen MR) is 107 cm³/mol. The van der Waals surface area contributed by atoms with Gasteiger partial charge in [0, 0.05) is 23.4 Å². The minimum Gasteiger partial charge on any atom is -0.456 e. The van der Waals surface area contributed by atoms with Crippen LogP contribution in [0, 0.1) is 24.4 Å². The first-order valence-electron chi connectivity index (χ1n) is 9.15. The van der Waals surface area contributed by atoms with Gasteiger partial charge in [0.05, 0.1) is 12.2 Å². The van der Waals surface area contributed by atoms with E-state index in [0.717, 1.165) is 23.4 Å². The fourth-order valence-corrected chi connectivity index (χ4v) is 2.67. The maximum Gasteiger partial charge on any atom is 0.244 e. The molecule has 0 radical (unpaired) electrons. The molecule has 0 fully saturated rings. The Hall–Kier alpha value is -3.61. The zero-order valence-electron chi connectivity index (χ0n) is 16.3. The molecule has 1 aromatic heterocycles. The van der Waals surface area contributed by atoms with Gasteiger partial charge in [-0.1, -0.05) is 12.1 Å². The molecule has 154 valence electrons. The van der Waals surface area contributed by atoms with Gasteiger partial charge in [0.15, 0.2) is 11.6 Å². The van der Waals surface area contributed by atoms with Crippen molar-refractivity contribution in [2.45, 2.75) is 19.9 Å². The van der Waals surface area contributed by atoms with E-state index in [-0.39, 0.29) is 11.6 Å². The minimum absolute atomic E-state index is 0.223. The highest BCUT2D eigenvalue weighted by Crippen LogP contribution is 2.24. The fourth-order valence-electron chi connectivity index (χ4n) is 2.67. The summed E-state index contributed by atoms with van der Waals surface area (Å²) in [4.78, 5) is 16.3. The number of hydrogen-bond acceptors (Lipinski definition) is 3. The Morgan fingerprint density at radius 1 is 1.03 bits per heavy atom. The van der Waals surface area contributed by atoms with Gasteiger partial charge in [-0.05, 0) is 55.8 Å². The Labute approximate surface area is 172 Å². The summed E-state index contributed by atoms with van der Waals surface area (Å²) in [6, 6.07) is 11.6. The van der Waals surface area contributed by atoms with Crippen molar-refractivity contribution >= 4 is 12.0 Å². The second kappa shape index (κ2) is 9.26. The Morgan fingerprint density at radius 2 is 1.80 bits per heavy atom. The van der Waals surface area contributed by atoms with Crippen molar-refractivity contribution in [1.29, 1.82) is 0 Å². The molecule has 3 aromatic rings. The molecule has 0 spiro atoms. The van der Waals surface area contributed by atoms with E-state index >= 15 is 0 Å². The molecule has 0 bridgehead atoms. The summed E-state index contributed by atoms with van der Waals surface area (Å²) < 4.78 is 45.6. The summed E-state index contributed by atoms with van der Waals surface area (Å²) in [6.07, 6.45) is 3.77. The van der Waals surface area contributed by atoms with Crippen LogP contribution in [-0.2, 0) is 4.79 Å². The van der Waals surface area contributed by atoms with E-state index in [1.165, 1.54) is 0 Å². The first-order chi connectivity index (χ1) is 14.3. The third-order valence-electron chi connectivity index (χ3n) is 4.29. The summed E-state index contributed by atoms with van der Waals surface area (Å²) in [5, 5.41) is 2.73. The Morgan fingerprint density at radius 3 is 2.53 bits per heavy atom. The van der Waals surface area contributed by atoms with Gasteiger partial charge in [-0.15, -0.1) is 0 Å². The molecule has 1 N–H and O–H groups in total. The number of carbonyl (C=O) groups is 1. The molecule has 1 heterocycles. The van der Waals surface area contributed by atoms with E-state index < -0.39 is 23.4 Å². The van der Waals surface area contributed by atoms with E-state index in [0.29, 0.717) is 23.6 Å². The SMILES string of the molecule is Cc1ccc(Oc2cccc([C@@H](C)NC(=O)/C=C/c3cc(F)c(F)cc3F)c2)cn1. The van der Waals surface area contributed by atoms with E-state index in [2.05, 4.69) is 10.3 Å². The molecule has 7 heteroatoms. The van der Waals surface area contributed by atoms with Gasteiger partial charge >= 0.3 is 0 Å². The number of carbonyl (C=O) groups excluding carboxylic acids is 1. The van der Waals surface area contributed by atoms with E-state index in [9.17, 15) is 18.0 Å². The summed E-state index contributed by atoms with van der Waals surface area (Å²) in [5.74, 6) is -2.77. The molecule has 1 atom stereocenters. The maximum absolute atomic E-state index is 13.6. The quantitative estimate of drug-likeness (QED) is 0.430. The van der Waals surface area contributed by atoms with Gasteiger partial charge in [0.2, 0.25) is 5.91 Å². The van der Waals surface area contributed by atoms with Crippen molar-refractivity contribution in [2.24, 2.45) is 0 Å². The molecule has 0 aliphatic carbocycles. The number of halogens is 3. The van der Waals surface area contributed by atoms with Crippen LogP contribution in [0.3, 0.4) is 0 Å². The van der Waals surface area contributed by atoms with Crippen LogP contribution >= 0.6 is 0 Å². The molecule has 0 unspecified atom stereocenters. The van der Waals surface area contributed by atoms with Gasteiger partial charge in [-0.25, -0.2) is 13.2 Å². The normalized spacial score (nSPS) is 12.0. The zero-order chi connectivity index (χ0) is 21.7. The van der Waals surface area contributed by atoms with Crippen LogP contribution in [0.4, 0.5) is 13.2 Å². The summed E-state index contributed by atoms with van der Waals surface area (Å²) in [6.45, 7) is 3.65. The van der Waals surface area contributed by atoms with Crippen LogP contribution in [-0.4, -0.2) is 10.9 Å². The second-order valence-corrected chi connectivity index (χ2v) is 6.66. The van der Waals surface area contributed by atoms with E-state index in [4.69, 9.17) is 4.74 Å². The topological polar surface area (TPSA) is 51.2 Å². The van der Waals surface area contributed by atoms with Gasteiger partial charge < -0.3 is 10.1 Å². The fraction of sp³-hybridized carbons (Fsp3) is 0.130. The number of pyridine rings is 1. The van der Waals surface area contributed by atoms with Crippen molar-refractivity contribution in [3.8, 4) is 11.5 Å². The van der Waals surface area contributed by atoms with Crippen LogP contribution in [0.5, 0.6) is 11.5 Å². The van der Waals surface area contributed by atoms with Crippen molar-refractivity contribution in [2.75, 3.05) is 0 Å². The molecule has 0 saturated heterocycles. The van der Waals surface area contributed by atoms with Crippen LogP contribution in [0.2, 0.25) is 0 Å². The van der Waals surface area contributed by atoms with Crippen molar-refractivity contribution in [1.82, 2.24) is 10.3 Å². The van der Waals surface area contributed by atoms with Crippen LogP contribution in [0.25, 0.3) is 6.08 Å². The number of hydrogen-bond donors (Lipinski definition) is 1. The summed E-state index contributed by atoms with van der Waals surface area (Å²) in [7, 11) is 0. The average Bonchev–Trinajstić information content (AvgIpc) is 2.71. The highest BCUT2D eigenvalue weighted by molar-refractivity contribution is 5.92. The predicted octanol–water partition coefficient (Wildman–Crippen LogP) is 5.49. The smallest absolute Gasteiger partial charge is 0.244 e. The molecule has 3 rings (SSSR count). The van der Waals surface area contributed by atoms with Crippen molar-refractivity contribution in [3.05, 3.63) is 95.1 Å². The molecule has 0 aliphatic heterocycles. The van der Waals surface area contributed by atoms with E-state index in [1.54, 1.807) is 31.3 Å². The van der Waals surface area contributed by atoms with Gasteiger partial charge in [-0.2, -0.15) is 0 Å². The molecule has 4 nitrogen and oxygen atoms in total. The average molecular weight is 412 g/mol. The van der Waals surface area contributed by atoms with Crippen LogP contribution < -0.4 is 10.1 Å². The first-order valence-corrected chi connectivity index (χ1v) is 9.15. The Balaban J connectivity index is 1.65. The Bertz CT molecular complexity index is 1080. The number of aromatic nitrogens is 1. The minimum atomic E-state index is -1.29. The number of nitrogens with zero attached hydrogens (tertiary/aromatic N) is 1. The standard InChI is InChI=1S/C23H19F3N2O2/c1-14-6-8-19(13-27-14)30-18-5-3-4-16(10-18)15(2)28-23(29)9-7-17-11-21(25)22(26)12-20(17)24/h3-13,15H,1-2H3,(H,28,29)/b9-7+/t15-/m1/s1. The van der Waals surface area contributed by atoms with Gasteiger partial charge in [-0.3, -0.25) is 9.78 Å². The highest BCUT2D eigenvalue weighted by Gasteiger charge is 2.11. The van der Waals surface area contributed by atoms with Crippen molar-refractivity contribution in [3.63, 3.8) is 0 Å². The maximum atomic E-state index is 13.6. The molecule has 0 saturated carbocycles. The Kier molecular flexibility index (Phi) is 6.51. The number of ether oxygens (including phenoxy) is 1. The van der Waals surface area contributed by atoms with Crippen molar-refractivity contribution < 1.29 is 22.7 Å². The number of benzene rings is 2. The lowest BCUT2D eigenvalue weighted by Gasteiger charge is -2.14. The largest absolute Gasteiger partial charge is 0.456 e. The molecule has 30 heavy (non-hydrogen) atoms. The number of rotatable bonds is 6. The number of amides is 1. The second-order valence-electron chi connectivity index (χ2n) is 6.66. The van der Waals surface area contributed by atoms with Crippen LogP contribution in [0.15, 0.2) is 60.8 Å². The molecular formula is C23H19F3N2O2. The lowest BCUT2D eigenvalue weighted by Crippen LogP contribution is -2.24. The lowest BCUT2D eigenvalue weighted by atomic mass is 10.1. The third-order valence-corrected chi connectivity index (χ3v) is 4.29. The monoisotopic (exact) mass is 412 g/mol.